The molecule has 5 rings (SSSR count). The predicted molar refractivity (Wildman–Crippen MR) is 146 cm³/mol. The number of esters is 1. The molecule has 0 saturated carbocycles. The summed E-state index contributed by atoms with van der Waals surface area (Å²) in [5.74, 6) is 0.0846. The van der Waals surface area contributed by atoms with E-state index in [4.69, 9.17) is 14.2 Å². The monoisotopic (exact) mass is 544 g/mol. The number of fused-ring (bicyclic) bond motifs is 1. The second-order valence-electron chi connectivity index (χ2n) is 8.81. The Hall–Kier alpha value is -4.50. The van der Waals surface area contributed by atoms with Crippen molar-refractivity contribution in [1.29, 1.82) is 0 Å². The van der Waals surface area contributed by atoms with Gasteiger partial charge in [-0.15, -0.1) is 0 Å². The van der Waals surface area contributed by atoms with Gasteiger partial charge in [0.1, 0.15) is 12.4 Å². The fraction of sp³-hybridized carbons (Fsp3) is 0.167. The first-order valence-electron chi connectivity index (χ1n) is 12.1. The van der Waals surface area contributed by atoms with Crippen LogP contribution >= 0.6 is 11.3 Å². The number of carbonyl (C=O) groups is 1. The van der Waals surface area contributed by atoms with Gasteiger partial charge >= 0.3 is 5.97 Å². The number of allylic oxidation sites excluding steroid dienone is 1. The smallest absolute Gasteiger partial charge is 0.338 e. The van der Waals surface area contributed by atoms with Crippen LogP contribution in [-0.4, -0.2) is 24.8 Å². The van der Waals surface area contributed by atoms with Gasteiger partial charge in [0.05, 0.1) is 36.1 Å². The summed E-state index contributed by atoms with van der Waals surface area (Å²) < 4.78 is 32.0. The van der Waals surface area contributed by atoms with Crippen LogP contribution in [0, 0.1) is 5.82 Å². The molecule has 0 unspecified atom stereocenters. The highest BCUT2D eigenvalue weighted by Gasteiger charge is 2.33. The zero-order valence-electron chi connectivity index (χ0n) is 21.5. The van der Waals surface area contributed by atoms with E-state index in [1.54, 1.807) is 51.5 Å². The van der Waals surface area contributed by atoms with Gasteiger partial charge in [-0.25, -0.2) is 14.2 Å². The highest BCUT2D eigenvalue weighted by atomic mass is 32.1. The third kappa shape index (κ3) is 5.26. The van der Waals surface area contributed by atoms with Crippen LogP contribution in [0.25, 0.3) is 6.08 Å². The summed E-state index contributed by atoms with van der Waals surface area (Å²) in [5, 5.41) is 0. The van der Waals surface area contributed by atoms with Crippen molar-refractivity contribution < 1.29 is 23.4 Å². The largest absolute Gasteiger partial charge is 0.493 e. The Kier molecular flexibility index (Phi) is 7.42. The summed E-state index contributed by atoms with van der Waals surface area (Å²) in [6, 6.07) is 19.6. The molecular weight excluding hydrogens is 519 g/mol. The molecule has 0 spiro atoms. The lowest BCUT2D eigenvalue weighted by molar-refractivity contribution is -0.140. The van der Waals surface area contributed by atoms with Gasteiger partial charge in [-0.2, -0.15) is 0 Å². The Morgan fingerprint density at radius 1 is 1.03 bits per heavy atom. The maximum Gasteiger partial charge on any atom is 0.338 e. The minimum absolute atomic E-state index is 0.0658. The van der Waals surface area contributed by atoms with Crippen LogP contribution in [0.4, 0.5) is 4.39 Å². The van der Waals surface area contributed by atoms with Crippen LogP contribution in [0.2, 0.25) is 0 Å². The Morgan fingerprint density at radius 3 is 2.44 bits per heavy atom. The minimum Gasteiger partial charge on any atom is -0.493 e. The number of thiazole rings is 1. The minimum atomic E-state index is -0.835. The molecular formula is C30H25FN2O5S. The number of halogens is 1. The van der Waals surface area contributed by atoms with E-state index in [0.717, 1.165) is 11.1 Å². The van der Waals surface area contributed by atoms with Gasteiger partial charge in [0, 0.05) is 0 Å². The van der Waals surface area contributed by atoms with Gasteiger partial charge in [-0.1, -0.05) is 59.9 Å². The molecule has 1 aliphatic heterocycles. The molecule has 0 bridgehead atoms. The lowest BCUT2D eigenvalue weighted by Gasteiger charge is -2.24. The van der Waals surface area contributed by atoms with Crippen LogP contribution in [-0.2, 0) is 16.1 Å². The number of hydrogen-bond donors (Lipinski definition) is 0. The topological polar surface area (TPSA) is 79.1 Å². The van der Waals surface area contributed by atoms with Crippen molar-refractivity contribution in [2.45, 2.75) is 19.6 Å². The first kappa shape index (κ1) is 26.1. The lowest BCUT2D eigenvalue weighted by atomic mass is 9.96. The average molecular weight is 545 g/mol. The van der Waals surface area contributed by atoms with E-state index in [-0.39, 0.29) is 17.7 Å². The molecule has 0 amide bonds. The van der Waals surface area contributed by atoms with Gasteiger partial charge in [0.25, 0.3) is 5.56 Å². The van der Waals surface area contributed by atoms with Crippen LogP contribution in [0.3, 0.4) is 0 Å². The van der Waals surface area contributed by atoms with E-state index in [1.807, 2.05) is 36.4 Å². The summed E-state index contributed by atoms with van der Waals surface area (Å²) >= 11 is 1.21. The maximum absolute atomic E-state index is 13.8. The Balaban J connectivity index is 1.61. The van der Waals surface area contributed by atoms with Crippen LogP contribution < -0.4 is 24.4 Å². The summed E-state index contributed by atoms with van der Waals surface area (Å²) in [7, 11) is 3.09. The lowest BCUT2D eigenvalue weighted by Crippen LogP contribution is -2.39. The van der Waals surface area contributed by atoms with Crippen LogP contribution in [0.5, 0.6) is 11.5 Å². The second-order valence-corrected chi connectivity index (χ2v) is 9.82. The number of ether oxygens (including phenoxy) is 3. The van der Waals surface area contributed by atoms with Gasteiger partial charge in [-0.05, 0) is 54.0 Å². The molecule has 4 aromatic rings. The van der Waals surface area contributed by atoms with Crippen LogP contribution in [0.15, 0.2) is 93.9 Å². The third-order valence-electron chi connectivity index (χ3n) is 6.35. The Bertz CT molecular complexity index is 1740. The SMILES string of the molecule is COc1ccc(/C=c2/sc3n(c2=O)[C@H](c2ccc(F)cc2)C(C(=O)OCc2ccccc2)=C(C)N=3)cc1OC. The average Bonchev–Trinajstić information content (AvgIpc) is 3.25. The maximum atomic E-state index is 13.8. The van der Waals surface area contributed by atoms with Gasteiger partial charge in [-0.3, -0.25) is 9.36 Å². The van der Waals surface area contributed by atoms with Crippen LogP contribution in [0.1, 0.15) is 29.7 Å². The zero-order chi connectivity index (χ0) is 27.5. The highest BCUT2D eigenvalue weighted by molar-refractivity contribution is 7.07. The van der Waals surface area contributed by atoms with Gasteiger partial charge < -0.3 is 14.2 Å². The number of aromatic nitrogens is 1. The van der Waals surface area contributed by atoms with E-state index < -0.39 is 17.8 Å². The molecule has 3 aromatic carbocycles. The normalized spacial score (nSPS) is 15.0. The molecule has 1 aliphatic rings. The predicted octanol–water partition coefficient (Wildman–Crippen LogP) is 4.13. The van der Waals surface area contributed by atoms with E-state index in [0.29, 0.717) is 32.1 Å². The first-order valence-corrected chi connectivity index (χ1v) is 12.9. The van der Waals surface area contributed by atoms with Crippen molar-refractivity contribution in [2.75, 3.05) is 14.2 Å². The summed E-state index contributed by atoms with van der Waals surface area (Å²) in [4.78, 5) is 32.2. The fourth-order valence-electron chi connectivity index (χ4n) is 4.44. The van der Waals surface area contributed by atoms with E-state index in [2.05, 4.69) is 4.99 Å². The van der Waals surface area contributed by atoms with Crippen molar-refractivity contribution in [3.63, 3.8) is 0 Å². The molecule has 39 heavy (non-hydrogen) atoms. The van der Waals surface area contributed by atoms with Gasteiger partial charge in [0.2, 0.25) is 0 Å². The third-order valence-corrected chi connectivity index (χ3v) is 7.33. The number of methoxy groups -OCH3 is 2. The molecule has 198 valence electrons. The molecule has 7 nitrogen and oxygen atoms in total. The highest BCUT2D eigenvalue weighted by Crippen LogP contribution is 2.31. The summed E-state index contributed by atoms with van der Waals surface area (Å²) in [5.41, 5.74) is 2.45. The van der Waals surface area contributed by atoms with Crippen molar-refractivity contribution in [3.05, 3.63) is 126 Å². The molecule has 2 heterocycles. The molecule has 0 aliphatic carbocycles. The molecule has 1 atom stereocenters. The molecule has 9 heteroatoms. The first-order chi connectivity index (χ1) is 18.9. The number of benzene rings is 3. The Morgan fingerprint density at radius 2 is 1.74 bits per heavy atom. The molecule has 1 aromatic heterocycles. The molecule has 0 radical (unpaired) electrons. The fourth-order valence-corrected chi connectivity index (χ4v) is 5.48. The zero-order valence-corrected chi connectivity index (χ0v) is 22.3. The standard InChI is InChI=1S/C30H25FN2O5S/c1-18-26(29(35)38-17-19-7-5-4-6-8-19)27(21-10-12-22(31)13-11-21)33-28(34)25(39-30(33)32-18)16-20-9-14-23(36-2)24(15-20)37-3/h4-16,27H,17H2,1-3H3/b25-16+/t27-/m1/s1. The van der Waals surface area contributed by atoms with Crippen molar-refractivity contribution in [3.8, 4) is 11.5 Å². The molecule has 0 fully saturated rings. The van der Waals surface area contributed by atoms with Crippen molar-refractivity contribution in [2.24, 2.45) is 4.99 Å². The van der Waals surface area contributed by atoms with E-state index in [1.165, 1.54) is 28.0 Å². The molecule has 0 N–H and O–H groups in total. The van der Waals surface area contributed by atoms with E-state index in [9.17, 15) is 14.0 Å². The van der Waals surface area contributed by atoms with E-state index >= 15 is 0 Å². The Labute approximate surface area is 227 Å². The quantitative estimate of drug-likeness (QED) is 0.327. The number of nitrogens with zero attached hydrogens (tertiary/aromatic N) is 2. The number of rotatable bonds is 7. The summed E-state index contributed by atoms with van der Waals surface area (Å²) in [6.45, 7) is 1.78. The molecule has 0 saturated heterocycles. The second kappa shape index (κ2) is 11.1. The number of hydrogen-bond acceptors (Lipinski definition) is 7. The van der Waals surface area contributed by atoms with Gasteiger partial charge in [0.15, 0.2) is 16.3 Å². The van der Waals surface area contributed by atoms with Crippen molar-refractivity contribution in [1.82, 2.24) is 4.57 Å². The number of carbonyl (C=O) groups excluding carboxylic acids is 1. The van der Waals surface area contributed by atoms with Crippen molar-refractivity contribution >= 4 is 23.4 Å². The summed E-state index contributed by atoms with van der Waals surface area (Å²) in [6.07, 6.45) is 1.74.